The second-order valence-corrected chi connectivity index (χ2v) is 7.36. The van der Waals surface area contributed by atoms with Crippen LogP contribution < -0.4 is 0 Å². The average Bonchev–Trinajstić information content (AvgIpc) is 2.16. The Morgan fingerprint density at radius 2 is 1.50 bits per heavy atom. The van der Waals surface area contributed by atoms with Crippen LogP contribution in [-0.2, 0) is 0 Å². The number of halogens is 2. The van der Waals surface area contributed by atoms with Crippen molar-refractivity contribution >= 4 is 0 Å². The van der Waals surface area contributed by atoms with Crippen LogP contribution in [0.15, 0.2) is 18.2 Å². The normalized spacial score (nSPS) is 14.7. The molecule has 0 aliphatic rings. The third kappa shape index (κ3) is 4.08. The second kappa shape index (κ2) is 4.99. The molecule has 0 spiro atoms. The maximum Gasteiger partial charge on any atom is 0.159 e. The van der Waals surface area contributed by atoms with Gasteiger partial charge in [-0.2, -0.15) is 0 Å². The van der Waals surface area contributed by atoms with Gasteiger partial charge in [-0.25, -0.2) is 8.78 Å². The number of benzene rings is 1. The van der Waals surface area contributed by atoms with E-state index in [0.29, 0.717) is 0 Å². The molecule has 0 N–H and O–H groups in total. The van der Waals surface area contributed by atoms with Gasteiger partial charge in [-0.1, -0.05) is 47.6 Å². The highest BCUT2D eigenvalue weighted by Gasteiger charge is 2.30. The Labute approximate surface area is 109 Å². The monoisotopic (exact) mass is 254 g/mol. The molecule has 0 aliphatic heterocycles. The van der Waals surface area contributed by atoms with Gasteiger partial charge >= 0.3 is 0 Å². The lowest BCUT2D eigenvalue weighted by atomic mass is 9.69. The topological polar surface area (TPSA) is 0 Å². The van der Waals surface area contributed by atoms with E-state index in [1.54, 1.807) is 6.07 Å². The van der Waals surface area contributed by atoms with Gasteiger partial charge in [-0.15, -0.1) is 0 Å². The van der Waals surface area contributed by atoms with Crippen molar-refractivity contribution in [3.8, 4) is 0 Å². The van der Waals surface area contributed by atoms with Gasteiger partial charge in [0.05, 0.1) is 0 Å². The lowest BCUT2D eigenvalue weighted by molar-refractivity contribution is 0.228. The molecule has 0 aromatic heterocycles. The Balaban J connectivity index is 3.14. The molecular weight excluding hydrogens is 230 g/mol. The summed E-state index contributed by atoms with van der Waals surface area (Å²) in [6.45, 7) is 12.9. The molecule has 0 amide bonds. The SMILES string of the molecule is CC(C)(C)CC(c1ccc(F)c(F)c1)C(C)(C)C. The quantitative estimate of drug-likeness (QED) is 0.651. The Morgan fingerprint density at radius 1 is 0.944 bits per heavy atom. The molecule has 1 atom stereocenters. The van der Waals surface area contributed by atoms with E-state index < -0.39 is 11.6 Å². The highest BCUT2D eigenvalue weighted by molar-refractivity contribution is 5.23. The first-order valence-electron chi connectivity index (χ1n) is 6.46. The van der Waals surface area contributed by atoms with Crippen molar-refractivity contribution in [1.82, 2.24) is 0 Å². The fourth-order valence-electron chi connectivity index (χ4n) is 2.27. The van der Waals surface area contributed by atoms with Gasteiger partial charge in [0.1, 0.15) is 0 Å². The molecule has 102 valence electrons. The zero-order valence-electron chi connectivity index (χ0n) is 12.3. The molecule has 0 radical (unpaired) electrons. The predicted octanol–water partition coefficient (Wildman–Crippen LogP) is 5.53. The Bertz CT molecular complexity index is 408. The van der Waals surface area contributed by atoms with E-state index in [9.17, 15) is 8.78 Å². The molecule has 0 saturated carbocycles. The summed E-state index contributed by atoms with van der Waals surface area (Å²) in [5, 5.41) is 0. The van der Waals surface area contributed by atoms with E-state index in [2.05, 4.69) is 41.5 Å². The van der Waals surface area contributed by atoms with E-state index in [0.717, 1.165) is 12.0 Å². The first-order valence-corrected chi connectivity index (χ1v) is 6.46. The van der Waals surface area contributed by atoms with Crippen molar-refractivity contribution in [3.05, 3.63) is 35.4 Å². The lowest BCUT2D eigenvalue weighted by Crippen LogP contribution is -2.24. The summed E-state index contributed by atoms with van der Waals surface area (Å²) in [6.07, 6.45) is 0.946. The Hall–Kier alpha value is -0.920. The molecule has 2 heteroatoms. The van der Waals surface area contributed by atoms with Crippen molar-refractivity contribution in [2.45, 2.75) is 53.9 Å². The summed E-state index contributed by atoms with van der Waals surface area (Å²) in [6, 6.07) is 4.28. The molecule has 0 bridgehead atoms. The number of hydrogen-bond acceptors (Lipinski definition) is 0. The van der Waals surface area contributed by atoms with Crippen LogP contribution in [0.4, 0.5) is 8.78 Å². The Morgan fingerprint density at radius 3 is 1.89 bits per heavy atom. The summed E-state index contributed by atoms with van der Waals surface area (Å²) in [5.41, 5.74) is 1.07. The van der Waals surface area contributed by atoms with Gasteiger partial charge in [0.25, 0.3) is 0 Å². The molecule has 1 unspecified atom stereocenters. The number of hydrogen-bond donors (Lipinski definition) is 0. The van der Waals surface area contributed by atoms with Crippen LogP contribution in [0.25, 0.3) is 0 Å². The van der Waals surface area contributed by atoms with Gasteiger partial charge in [0.2, 0.25) is 0 Å². The van der Waals surface area contributed by atoms with E-state index in [1.165, 1.54) is 12.1 Å². The van der Waals surface area contributed by atoms with E-state index in [1.807, 2.05) is 0 Å². The van der Waals surface area contributed by atoms with Crippen LogP contribution in [0.5, 0.6) is 0 Å². The van der Waals surface area contributed by atoms with Crippen molar-refractivity contribution in [1.29, 1.82) is 0 Å². The highest BCUT2D eigenvalue weighted by atomic mass is 19.2. The van der Waals surface area contributed by atoms with Crippen LogP contribution in [-0.4, -0.2) is 0 Å². The molecule has 18 heavy (non-hydrogen) atoms. The highest BCUT2D eigenvalue weighted by Crippen LogP contribution is 2.43. The van der Waals surface area contributed by atoms with Gasteiger partial charge in [-0.05, 0) is 40.9 Å². The zero-order chi connectivity index (χ0) is 14.1. The van der Waals surface area contributed by atoms with Gasteiger partial charge in [0, 0.05) is 0 Å². The molecule has 1 aromatic carbocycles. The fraction of sp³-hybridized carbons (Fsp3) is 0.625. The summed E-state index contributed by atoms with van der Waals surface area (Å²) in [5.74, 6) is -1.31. The molecule has 0 saturated heterocycles. The molecule has 0 heterocycles. The first-order chi connectivity index (χ1) is 8.00. The van der Waals surface area contributed by atoms with Crippen molar-refractivity contribution in [3.63, 3.8) is 0 Å². The minimum Gasteiger partial charge on any atom is -0.204 e. The van der Waals surface area contributed by atoms with Crippen LogP contribution in [0.1, 0.15) is 59.4 Å². The summed E-state index contributed by atoms with van der Waals surface area (Å²) in [7, 11) is 0. The summed E-state index contributed by atoms with van der Waals surface area (Å²) >= 11 is 0. The van der Waals surface area contributed by atoms with Crippen molar-refractivity contribution in [2.24, 2.45) is 10.8 Å². The van der Waals surface area contributed by atoms with E-state index >= 15 is 0 Å². The fourth-order valence-corrected chi connectivity index (χ4v) is 2.27. The van der Waals surface area contributed by atoms with Gasteiger partial charge < -0.3 is 0 Å². The van der Waals surface area contributed by atoms with Crippen LogP contribution in [0, 0.1) is 22.5 Å². The van der Waals surface area contributed by atoms with E-state index in [-0.39, 0.29) is 16.7 Å². The molecule has 1 rings (SSSR count). The molecule has 0 nitrogen and oxygen atoms in total. The van der Waals surface area contributed by atoms with Crippen LogP contribution in [0.3, 0.4) is 0 Å². The predicted molar refractivity (Wildman–Crippen MR) is 72.6 cm³/mol. The lowest BCUT2D eigenvalue weighted by Gasteiger charge is -2.36. The van der Waals surface area contributed by atoms with E-state index in [4.69, 9.17) is 0 Å². The van der Waals surface area contributed by atoms with Crippen LogP contribution >= 0.6 is 0 Å². The van der Waals surface area contributed by atoms with Crippen molar-refractivity contribution in [2.75, 3.05) is 0 Å². The average molecular weight is 254 g/mol. The second-order valence-electron chi connectivity index (χ2n) is 7.36. The summed E-state index contributed by atoms with van der Waals surface area (Å²) < 4.78 is 26.4. The van der Waals surface area contributed by atoms with Crippen LogP contribution in [0.2, 0.25) is 0 Å². The smallest absolute Gasteiger partial charge is 0.159 e. The first kappa shape index (κ1) is 15.1. The molecule has 1 aromatic rings. The van der Waals surface area contributed by atoms with Gasteiger partial charge in [0.15, 0.2) is 11.6 Å². The molecule has 0 fully saturated rings. The maximum absolute atomic E-state index is 13.4. The largest absolute Gasteiger partial charge is 0.204 e. The van der Waals surface area contributed by atoms with Crippen molar-refractivity contribution < 1.29 is 8.78 Å². The molecule has 0 aliphatic carbocycles. The minimum absolute atomic E-state index is 0.0253. The maximum atomic E-state index is 13.4. The summed E-state index contributed by atoms with van der Waals surface area (Å²) in [4.78, 5) is 0. The zero-order valence-corrected chi connectivity index (χ0v) is 12.3. The molecular formula is C16H24F2. The third-order valence-electron chi connectivity index (χ3n) is 3.21. The van der Waals surface area contributed by atoms with Gasteiger partial charge in [-0.3, -0.25) is 0 Å². The number of rotatable bonds is 2. The standard InChI is InChI=1S/C16H24F2/c1-15(2,3)10-12(16(4,5)6)11-7-8-13(17)14(18)9-11/h7-9,12H,10H2,1-6H3. The third-order valence-corrected chi connectivity index (χ3v) is 3.21. The minimum atomic E-state index is -0.776. The Kier molecular flexibility index (Phi) is 4.19.